The Morgan fingerprint density at radius 3 is 2.69 bits per heavy atom. The topological polar surface area (TPSA) is 84.5 Å². The first-order valence-corrected chi connectivity index (χ1v) is 10.1. The van der Waals surface area contributed by atoms with E-state index >= 15 is 0 Å². The molecule has 0 radical (unpaired) electrons. The third-order valence-corrected chi connectivity index (χ3v) is 5.27. The van der Waals surface area contributed by atoms with Crippen molar-refractivity contribution in [3.8, 4) is 10.6 Å². The summed E-state index contributed by atoms with van der Waals surface area (Å²) in [4.78, 5) is 34.6. The average molecular weight is 416 g/mol. The standard InChI is InChI=1S/C21H25N3O4S/c1-21(2,3)28-20(26)24(9-10-27-4)13-14-5-6-15(23-12-14)18-11-16-19(29-18)17(25)7-8-22-16/h5-8,11-12H,9-10,13H2,1-4H3,(H,22,25). The normalized spacial score (nSPS) is 11.6. The van der Waals surface area contributed by atoms with Gasteiger partial charge in [-0.2, -0.15) is 0 Å². The fraction of sp³-hybridized carbons (Fsp3) is 0.381. The number of carbonyl (C=O) groups is 1. The maximum absolute atomic E-state index is 12.5. The van der Waals surface area contributed by atoms with Gasteiger partial charge >= 0.3 is 6.09 Å². The number of ether oxygens (including phenoxy) is 2. The summed E-state index contributed by atoms with van der Waals surface area (Å²) >= 11 is 1.41. The molecule has 0 unspecified atom stereocenters. The number of nitrogens with one attached hydrogen (secondary N) is 1. The van der Waals surface area contributed by atoms with E-state index in [1.807, 2.05) is 39.0 Å². The number of pyridine rings is 2. The van der Waals surface area contributed by atoms with E-state index in [4.69, 9.17) is 9.47 Å². The van der Waals surface area contributed by atoms with Gasteiger partial charge in [-0.05, 0) is 38.5 Å². The van der Waals surface area contributed by atoms with Gasteiger partial charge in [0.05, 0.1) is 33.9 Å². The van der Waals surface area contributed by atoms with Crippen molar-refractivity contribution in [1.29, 1.82) is 0 Å². The average Bonchev–Trinajstić information content (AvgIpc) is 3.10. The molecule has 0 aromatic carbocycles. The SMILES string of the molecule is COCCN(Cc1ccc(-c2cc3[nH]ccc(=O)c3s2)nc1)C(=O)OC(C)(C)C. The number of aromatic amines is 1. The molecule has 0 bridgehead atoms. The number of thiophene rings is 1. The fourth-order valence-electron chi connectivity index (χ4n) is 2.74. The second kappa shape index (κ2) is 8.75. The molecule has 154 valence electrons. The maximum Gasteiger partial charge on any atom is 0.410 e. The van der Waals surface area contributed by atoms with Gasteiger partial charge in [-0.15, -0.1) is 11.3 Å². The van der Waals surface area contributed by atoms with E-state index in [0.717, 1.165) is 21.7 Å². The molecule has 8 heteroatoms. The molecule has 0 spiro atoms. The Labute approximate surface area is 173 Å². The largest absolute Gasteiger partial charge is 0.444 e. The van der Waals surface area contributed by atoms with Crippen LogP contribution in [0.3, 0.4) is 0 Å². The predicted molar refractivity (Wildman–Crippen MR) is 114 cm³/mol. The third-order valence-electron chi connectivity index (χ3n) is 4.10. The van der Waals surface area contributed by atoms with Crippen LogP contribution >= 0.6 is 11.3 Å². The Balaban J connectivity index is 1.77. The van der Waals surface area contributed by atoms with Gasteiger partial charge in [-0.3, -0.25) is 9.78 Å². The zero-order valence-electron chi connectivity index (χ0n) is 17.0. The molecule has 0 aliphatic heterocycles. The molecule has 0 saturated heterocycles. The van der Waals surface area contributed by atoms with Crippen LogP contribution in [-0.2, 0) is 16.0 Å². The van der Waals surface area contributed by atoms with E-state index in [-0.39, 0.29) is 11.5 Å². The number of rotatable bonds is 6. The number of aromatic nitrogens is 2. The van der Waals surface area contributed by atoms with Crippen molar-refractivity contribution < 1.29 is 14.3 Å². The van der Waals surface area contributed by atoms with Crippen molar-refractivity contribution in [2.75, 3.05) is 20.3 Å². The Morgan fingerprint density at radius 1 is 1.28 bits per heavy atom. The molecule has 1 N–H and O–H groups in total. The fourth-order valence-corrected chi connectivity index (χ4v) is 3.76. The van der Waals surface area contributed by atoms with Crippen molar-refractivity contribution in [3.05, 3.63) is 52.4 Å². The summed E-state index contributed by atoms with van der Waals surface area (Å²) in [7, 11) is 1.60. The summed E-state index contributed by atoms with van der Waals surface area (Å²) in [6.45, 7) is 6.73. The molecule has 29 heavy (non-hydrogen) atoms. The second-order valence-corrected chi connectivity index (χ2v) is 8.69. The highest BCUT2D eigenvalue weighted by molar-refractivity contribution is 7.22. The number of hydrogen-bond donors (Lipinski definition) is 1. The molecule has 0 aliphatic carbocycles. The number of amides is 1. The van der Waals surface area contributed by atoms with Gasteiger partial charge in [-0.25, -0.2) is 4.79 Å². The van der Waals surface area contributed by atoms with Crippen LogP contribution in [0.1, 0.15) is 26.3 Å². The van der Waals surface area contributed by atoms with Crippen molar-refractivity contribution in [3.63, 3.8) is 0 Å². The highest BCUT2D eigenvalue weighted by atomic mass is 32.1. The molecule has 7 nitrogen and oxygen atoms in total. The van der Waals surface area contributed by atoms with Crippen LogP contribution in [0.15, 0.2) is 41.5 Å². The highest BCUT2D eigenvalue weighted by Crippen LogP contribution is 2.29. The predicted octanol–water partition coefficient (Wildman–Crippen LogP) is 4.04. The van der Waals surface area contributed by atoms with E-state index in [0.29, 0.717) is 24.4 Å². The minimum atomic E-state index is -0.566. The molecular weight excluding hydrogens is 390 g/mol. The molecule has 0 atom stereocenters. The zero-order chi connectivity index (χ0) is 21.0. The number of nitrogens with zero attached hydrogens (tertiary/aromatic N) is 2. The number of carbonyl (C=O) groups excluding carboxylic acids is 1. The molecule has 3 heterocycles. The van der Waals surface area contributed by atoms with Crippen LogP contribution in [0, 0.1) is 0 Å². The van der Waals surface area contributed by atoms with Crippen LogP contribution in [0.25, 0.3) is 20.8 Å². The van der Waals surface area contributed by atoms with E-state index in [2.05, 4.69) is 9.97 Å². The van der Waals surface area contributed by atoms with E-state index in [1.54, 1.807) is 24.4 Å². The zero-order valence-corrected chi connectivity index (χ0v) is 17.8. The van der Waals surface area contributed by atoms with E-state index < -0.39 is 5.60 Å². The molecule has 3 rings (SSSR count). The summed E-state index contributed by atoms with van der Waals surface area (Å²) in [5, 5.41) is 0. The van der Waals surface area contributed by atoms with E-state index in [1.165, 1.54) is 17.4 Å². The van der Waals surface area contributed by atoms with Gasteiger partial charge < -0.3 is 19.4 Å². The number of fused-ring (bicyclic) bond motifs is 1. The molecular formula is C21H25N3O4S. The molecule has 3 aromatic heterocycles. The van der Waals surface area contributed by atoms with Gasteiger partial charge in [0.1, 0.15) is 5.60 Å². The van der Waals surface area contributed by atoms with Crippen LogP contribution < -0.4 is 5.43 Å². The molecule has 0 saturated carbocycles. The maximum atomic E-state index is 12.5. The minimum Gasteiger partial charge on any atom is -0.444 e. The minimum absolute atomic E-state index is 0.00207. The molecule has 1 amide bonds. The lowest BCUT2D eigenvalue weighted by Gasteiger charge is -2.27. The lowest BCUT2D eigenvalue weighted by Crippen LogP contribution is -2.38. The molecule has 3 aromatic rings. The van der Waals surface area contributed by atoms with Crippen molar-refractivity contribution in [2.24, 2.45) is 0 Å². The van der Waals surface area contributed by atoms with Crippen LogP contribution in [0.5, 0.6) is 0 Å². The van der Waals surface area contributed by atoms with Gasteiger partial charge in [0.15, 0.2) is 5.43 Å². The summed E-state index contributed by atoms with van der Waals surface area (Å²) in [5.74, 6) is 0. The number of methoxy groups -OCH3 is 1. The first-order valence-electron chi connectivity index (χ1n) is 9.30. The van der Waals surface area contributed by atoms with E-state index in [9.17, 15) is 9.59 Å². The van der Waals surface area contributed by atoms with Gasteiger partial charge in [0, 0.05) is 32.1 Å². The first kappa shape index (κ1) is 21.0. The number of hydrogen-bond acceptors (Lipinski definition) is 6. The molecule has 0 fully saturated rings. The summed E-state index contributed by atoms with van der Waals surface area (Å²) in [6.07, 6.45) is 3.00. The Morgan fingerprint density at radius 2 is 2.07 bits per heavy atom. The van der Waals surface area contributed by atoms with Crippen LogP contribution in [-0.4, -0.2) is 46.8 Å². The third kappa shape index (κ3) is 5.42. The molecule has 0 aliphatic rings. The lowest BCUT2D eigenvalue weighted by molar-refractivity contribution is 0.0184. The Hall–Kier alpha value is -2.71. The monoisotopic (exact) mass is 415 g/mol. The Kier molecular flexibility index (Phi) is 6.34. The second-order valence-electron chi connectivity index (χ2n) is 7.64. The summed E-state index contributed by atoms with van der Waals surface area (Å²) in [5.41, 5.74) is 1.90. The van der Waals surface area contributed by atoms with Crippen molar-refractivity contribution >= 4 is 27.6 Å². The quantitative estimate of drug-likeness (QED) is 0.657. The summed E-state index contributed by atoms with van der Waals surface area (Å²) in [6, 6.07) is 7.27. The first-order chi connectivity index (χ1) is 13.8. The van der Waals surface area contributed by atoms with Gasteiger partial charge in [0.25, 0.3) is 0 Å². The van der Waals surface area contributed by atoms with Gasteiger partial charge in [-0.1, -0.05) is 6.07 Å². The number of H-pyrrole nitrogens is 1. The Bertz CT molecular complexity index is 1030. The van der Waals surface area contributed by atoms with Crippen LogP contribution in [0.2, 0.25) is 0 Å². The summed E-state index contributed by atoms with van der Waals surface area (Å²) < 4.78 is 11.3. The smallest absolute Gasteiger partial charge is 0.410 e. The highest BCUT2D eigenvalue weighted by Gasteiger charge is 2.22. The van der Waals surface area contributed by atoms with Crippen molar-refractivity contribution in [1.82, 2.24) is 14.9 Å². The van der Waals surface area contributed by atoms with Crippen LogP contribution in [0.4, 0.5) is 4.79 Å². The van der Waals surface area contributed by atoms with Crippen molar-refractivity contribution in [2.45, 2.75) is 32.9 Å². The van der Waals surface area contributed by atoms with Gasteiger partial charge in [0.2, 0.25) is 0 Å². The lowest BCUT2D eigenvalue weighted by atomic mass is 10.2.